The Kier molecular flexibility index (Phi) is 3.30. The van der Waals surface area contributed by atoms with Crippen molar-refractivity contribution in [3.8, 4) is 0 Å². The average molecular weight is 293 g/mol. The Bertz CT molecular complexity index is 600. The zero-order chi connectivity index (χ0) is 14.3. The Morgan fingerprint density at radius 2 is 2.30 bits per heavy atom. The Hall–Kier alpha value is -1.39. The Morgan fingerprint density at radius 1 is 1.50 bits per heavy atom. The molecule has 4 nitrogen and oxygen atoms in total. The molecule has 0 aliphatic carbocycles. The molecule has 0 fully saturated rings. The van der Waals surface area contributed by atoms with Crippen LogP contribution >= 0.6 is 11.6 Å². The Labute approximate surface area is 123 Å². The molecule has 2 bridgehead atoms. The molecule has 5 heteroatoms. The number of hydrogen-bond acceptors (Lipinski definition) is 4. The predicted molar refractivity (Wildman–Crippen MR) is 76.7 cm³/mol. The molecule has 106 valence electrons. The van der Waals surface area contributed by atoms with Gasteiger partial charge in [-0.25, -0.2) is 4.98 Å². The van der Waals surface area contributed by atoms with Crippen LogP contribution in [0.5, 0.6) is 0 Å². The quantitative estimate of drug-likeness (QED) is 0.452. The summed E-state index contributed by atoms with van der Waals surface area (Å²) in [4.78, 5) is 19.2. The van der Waals surface area contributed by atoms with E-state index in [4.69, 9.17) is 16.3 Å². The van der Waals surface area contributed by atoms with Crippen LogP contribution in [0.2, 0.25) is 5.15 Å². The smallest absolute Gasteiger partial charge is 0.319 e. The molecule has 1 aromatic heterocycles. The molecule has 0 saturated heterocycles. The summed E-state index contributed by atoms with van der Waals surface area (Å²) < 4.78 is 5.07. The fourth-order valence-corrected chi connectivity index (χ4v) is 3.31. The number of carbonyl (C=O) groups excluding carboxylic acids is 1. The number of aromatic nitrogens is 1. The van der Waals surface area contributed by atoms with Crippen molar-refractivity contribution >= 4 is 17.6 Å². The first kappa shape index (κ1) is 13.6. The van der Waals surface area contributed by atoms with Crippen molar-refractivity contribution < 1.29 is 9.53 Å². The number of fused-ring (bicyclic) bond motifs is 4. The van der Waals surface area contributed by atoms with E-state index in [0.717, 1.165) is 29.9 Å². The average Bonchev–Trinajstić information content (AvgIpc) is 2.61. The van der Waals surface area contributed by atoms with Crippen molar-refractivity contribution in [2.24, 2.45) is 0 Å². The standard InChI is InChI=1S/C15H17ClN2O2/c1-10-7-11-8-18-6-4-3-5-15(9-18,14(19)20-2)12(11)17-13(10)16/h3-4,7H,5-6,8-9H2,1-2H3. The maximum atomic E-state index is 12.4. The van der Waals surface area contributed by atoms with Gasteiger partial charge in [0, 0.05) is 19.6 Å². The van der Waals surface area contributed by atoms with Gasteiger partial charge in [0.1, 0.15) is 10.6 Å². The number of halogens is 1. The normalized spacial score (nSPS) is 27.6. The van der Waals surface area contributed by atoms with Crippen LogP contribution in [0.4, 0.5) is 0 Å². The number of carbonyl (C=O) groups is 1. The largest absolute Gasteiger partial charge is 0.468 e. The van der Waals surface area contributed by atoms with Gasteiger partial charge in [-0.15, -0.1) is 0 Å². The lowest BCUT2D eigenvalue weighted by Gasteiger charge is -2.39. The van der Waals surface area contributed by atoms with Gasteiger partial charge in [0.05, 0.1) is 12.8 Å². The Balaban J connectivity index is 2.22. The third kappa shape index (κ3) is 1.95. The van der Waals surface area contributed by atoms with Gasteiger partial charge in [-0.2, -0.15) is 0 Å². The van der Waals surface area contributed by atoms with E-state index in [2.05, 4.69) is 16.0 Å². The maximum absolute atomic E-state index is 12.4. The van der Waals surface area contributed by atoms with Gasteiger partial charge in [0.2, 0.25) is 0 Å². The number of methoxy groups -OCH3 is 1. The highest BCUT2D eigenvalue weighted by Crippen LogP contribution is 2.39. The number of nitrogens with zero attached hydrogens (tertiary/aromatic N) is 2. The second-order valence-corrected chi connectivity index (χ2v) is 5.88. The summed E-state index contributed by atoms with van der Waals surface area (Å²) in [6, 6.07) is 2.04. The first-order valence-corrected chi connectivity index (χ1v) is 7.07. The number of rotatable bonds is 1. The highest BCUT2D eigenvalue weighted by molar-refractivity contribution is 6.30. The van der Waals surface area contributed by atoms with E-state index in [1.165, 1.54) is 7.11 Å². The number of pyridine rings is 1. The highest BCUT2D eigenvalue weighted by Gasteiger charge is 2.48. The lowest BCUT2D eigenvalue weighted by molar-refractivity contribution is -0.149. The van der Waals surface area contributed by atoms with Crippen LogP contribution in [-0.2, 0) is 21.5 Å². The molecule has 2 unspecified atom stereocenters. The monoisotopic (exact) mass is 292 g/mol. The molecule has 0 N–H and O–H groups in total. The van der Waals surface area contributed by atoms with Gasteiger partial charge in [0.15, 0.2) is 0 Å². The summed E-state index contributed by atoms with van der Waals surface area (Å²) in [7, 11) is 1.43. The van der Waals surface area contributed by atoms with E-state index in [0.29, 0.717) is 18.1 Å². The summed E-state index contributed by atoms with van der Waals surface area (Å²) in [6.07, 6.45) is 4.75. The lowest BCUT2D eigenvalue weighted by atomic mass is 9.76. The minimum Gasteiger partial charge on any atom is -0.468 e. The molecule has 2 aliphatic rings. The van der Waals surface area contributed by atoms with E-state index in [9.17, 15) is 4.79 Å². The molecule has 0 aromatic carbocycles. The van der Waals surface area contributed by atoms with Crippen LogP contribution < -0.4 is 0 Å². The molecule has 0 amide bonds. The van der Waals surface area contributed by atoms with Gasteiger partial charge in [0.25, 0.3) is 0 Å². The minimum atomic E-state index is -0.729. The second kappa shape index (κ2) is 4.86. The van der Waals surface area contributed by atoms with E-state index < -0.39 is 5.41 Å². The first-order valence-electron chi connectivity index (χ1n) is 6.69. The van der Waals surface area contributed by atoms with Crippen LogP contribution in [0.25, 0.3) is 0 Å². The molecule has 3 heterocycles. The minimum absolute atomic E-state index is 0.234. The lowest BCUT2D eigenvalue weighted by Crippen LogP contribution is -2.50. The van der Waals surface area contributed by atoms with Crippen molar-refractivity contribution in [3.05, 3.63) is 40.2 Å². The maximum Gasteiger partial charge on any atom is 0.319 e. The molecule has 20 heavy (non-hydrogen) atoms. The van der Waals surface area contributed by atoms with Gasteiger partial charge in [-0.05, 0) is 30.5 Å². The van der Waals surface area contributed by atoms with E-state index >= 15 is 0 Å². The van der Waals surface area contributed by atoms with Crippen molar-refractivity contribution in [2.45, 2.75) is 25.3 Å². The number of esters is 1. The fraction of sp³-hybridized carbons (Fsp3) is 0.467. The number of aryl methyl sites for hydroxylation is 1. The third-order valence-corrected chi connectivity index (χ3v) is 4.53. The van der Waals surface area contributed by atoms with Crippen LogP contribution in [0.1, 0.15) is 23.2 Å². The van der Waals surface area contributed by atoms with E-state index in [1.54, 1.807) is 0 Å². The molecular weight excluding hydrogens is 276 g/mol. The summed E-state index contributed by atoms with van der Waals surface area (Å²) in [5, 5.41) is 0.466. The zero-order valence-electron chi connectivity index (χ0n) is 11.6. The van der Waals surface area contributed by atoms with Crippen LogP contribution in [0.15, 0.2) is 18.2 Å². The third-order valence-electron chi connectivity index (χ3n) is 4.14. The summed E-state index contributed by atoms with van der Waals surface area (Å²) in [5.74, 6) is -0.234. The molecule has 2 atom stereocenters. The molecule has 2 aliphatic heterocycles. The van der Waals surface area contributed by atoms with Crippen molar-refractivity contribution in [1.82, 2.24) is 9.88 Å². The number of hydrogen-bond donors (Lipinski definition) is 0. The first-order chi connectivity index (χ1) is 9.56. The molecule has 0 radical (unpaired) electrons. The molecule has 0 spiro atoms. The van der Waals surface area contributed by atoms with Gasteiger partial charge in [-0.1, -0.05) is 23.8 Å². The van der Waals surface area contributed by atoms with Crippen molar-refractivity contribution in [3.63, 3.8) is 0 Å². The number of ether oxygens (including phenoxy) is 1. The molecule has 1 aromatic rings. The Morgan fingerprint density at radius 3 is 3.05 bits per heavy atom. The topological polar surface area (TPSA) is 42.4 Å². The predicted octanol–water partition coefficient (Wildman–Crippen LogP) is 2.23. The molecule has 3 rings (SSSR count). The van der Waals surface area contributed by atoms with Crippen LogP contribution in [-0.4, -0.2) is 36.1 Å². The SMILES string of the molecule is COC(=O)C12CC=CCN(Cc3cc(C)c(Cl)nc31)C2. The van der Waals surface area contributed by atoms with Crippen LogP contribution in [0, 0.1) is 6.92 Å². The highest BCUT2D eigenvalue weighted by atomic mass is 35.5. The second-order valence-electron chi connectivity index (χ2n) is 5.52. The van der Waals surface area contributed by atoms with Gasteiger partial charge in [-0.3, -0.25) is 9.69 Å². The van der Waals surface area contributed by atoms with E-state index in [-0.39, 0.29) is 5.97 Å². The molecule has 0 saturated carbocycles. The van der Waals surface area contributed by atoms with E-state index in [1.807, 2.05) is 19.1 Å². The molecular formula is C15H17ClN2O2. The van der Waals surface area contributed by atoms with Gasteiger partial charge >= 0.3 is 5.97 Å². The summed E-state index contributed by atoms with van der Waals surface area (Å²) in [6.45, 7) is 4.21. The summed E-state index contributed by atoms with van der Waals surface area (Å²) in [5.41, 5.74) is 2.07. The number of allylic oxidation sites excluding steroid dienone is 1. The summed E-state index contributed by atoms with van der Waals surface area (Å²) >= 11 is 6.18. The van der Waals surface area contributed by atoms with Crippen LogP contribution in [0.3, 0.4) is 0 Å². The fourth-order valence-electron chi connectivity index (χ4n) is 3.17. The van der Waals surface area contributed by atoms with Crippen molar-refractivity contribution in [2.75, 3.05) is 20.2 Å². The van der Waals surface area contributed by atoms with Gasteiger partial charge < -0.3 is 4.74 Å². The zero-order valence-corrected chi connectivity index (χ0v) is 12.4. The van der Waals surface area contributed by atoms with Crippen molar-refractivity contribution in [1.29, 1.82) is 0 Å².